The molecule has 2 aromatic rings. The number of ether oxygens (including phenoxy) is 1. The Kier molecular flexibility index (Phi) is 7.51. The zero-order chi connectivity index (χ0) is 23.9. The van der Waals surface area contributed by atoms with Crippen LogP contribution in [0.2, 0.25) is 0 Å². The van der Waals surface area contributed by atoms with Crippen LogP contribution in [0.15, 0.2) is 48.5 Å². The Morgan fingerprint density at radius 1 is 0.971 bits per heavy atom. The second-order valence-electron chi connectivity index (χ2n) is 8.40. The summed E-state index contributed by atoms with van der Waals surface area (Å²) >= 11 is 0. The van der Waals surface area contributed by atoms with Crippen LogP contribution in [-0.4, -0.2) is 69.1 Å². The van der Waals surface area contributed by atoms with Gasteiger partial charge in [0.05, 0.1) is 19.3 Å². The average Bonchev–Trinajstić information content (AvgIpc) is 2.88. The molecule has 2 aliphatic rings. The summed E-state index contributed by atoms with van der Waals surface area (Å²) < 4.78 is 5.41. The molecular weight excluding hydrogens is 434 g/mol. The Hall–Kier alpha value is -3.75. The van der Waals surface area contributed by atoms with Gasteiger partial charge in [-0.2, -0.15) is 0 Å². The van der Waals surface area contributed by atoms with Gasteiger partial charge in [-0.05, 0) is 43.2 Å². The number of piperidine rings is 1. The van der Waals surface area contributed by atoms with Crippen LogP contribution >= 0.6 is 0 Å². The molecule has 0 aromatic heterocycles. The molecule has 0 saturated carbocycles. The van der Waals surface area contributed by atoms with E-state index >= 15 is 0 Å². The predicted molar refractivity (Wildman–Crippen MR) is 131 cm³/mol. The molecule has 34 heavy (non-hydrogen) atoms. The first kappa shape index (κ1) is 23.4. The van der Waals surface area contributed by atoms with Crippen LogP contribution in [0.1, 0.15) is 19.3 Å². The van der Waals surface area contributed by atoms with Gasteiger partial charge in [0, 0.05) is 50.5 Å². The number of para-hydroxylation sites is 1. The van der Waals surface area contributed by atoms with E-state index in [-0.39, 0.29) is 18.4 Å². The molecule has 0 radical (unpaired) electrons. The summed E-state index contributed by atoms with van der Waals surface area (Å²) in [6.45, 7) is 3.28. The highest BCUT2D eigenvalue weighted by Crippen LogP contribution is 2.33. The minimum atomic E-state index is -0.475. The zero-order valence-corrected chi connectivity index (χ0v) is 19.5. The second kappa shape index (κ2) is 10.9. The molecule has 0 atom stereocenters. The van der Waals surface area contributed by atoms with E-state index in [2.05, 4.69) is 27.7 Å². The maximum atomic E-state index is 12.6. The highest BCUT2D eigenvalue weighted by molar-refractivity contribution is 5.98. The molecule has 0 aliphatic carbocycles. The number of methoxy groups -OCH3 is 1. The molecule has 2 fully saturated rings. The van der Waals surface area contributed by atoms with Gasteiger partial charge in [-0.25, -0.2) is 4.79 Å². The SMILES string of the molecule is COc1ccc(NC(=O)NCC(=O)N2CCN(c3ccccc3)CC2)cc1N1CCCCC1=O. The van der Waals surface area contributed by atoms with Crippen LogP contribution in [0, 0.1) is 0 Å². The lowest BCUT2D eigenvalue weighted by atomic mass is 10.1. The summed E-state index contributed by atoms with van der Waals surface area (Å²) in [6, 6.07) is 14.8. The number of hydrogen-bond acceptors (Lipinski definition) is 5. The molecule has 2 aromatic carbocycles. The maximum Gasteiger partial charge on any atom is 0.319 e. The Morgan fingerprint density at radius 3 is 2.44 bits per heavy atom. The van der Waals surface area contributed by atoms with Crippen LogP contribution in [0.25, 0.3) is 0 Å². The van der Waals surface area contributed by atoms with Crippen molar-refractivity contribution in [3.63, 3.8) is 0 Å². The summed E-state index contributed by atoms with van der Waals surface area (Å²) in [5.74, 6) is 0.507. The smallest absolute Gasteiger partial charge is 0.319 e. The summed E-state index contributed by atoms with van der Waals surface area (Å²) in [6.07, 6.45) is 2.31. The quantitative estimate of drug-likeness (QED) is 0.684. The van der Waals surface area contributed by atoms with Crippen molar-refractivity contribution in [3.05, 3.63) is 48.5 Å². The van der Waals surface area contributed by atoms with E-state index in [0.717, 1.165) is 31.6 Å². The number of nitrogens with zero attached hydrogens (tertiary/aromatic N) is 3. The van der Waals surface area contributed by atoms with Crippen molar-refractivity contribution in [2.24, 2.45) is 0 Å². The first-order valence-corrected chi connectivity index (χ1v) is 11.7. The van der Waals surface area contributed by atoms with Crippen LogP contribution in [0.3, 0.4) is 0 Å². The molecule has 4 rings (SSSR count). The van der Waals surface area contributed by atoms with Gasteiger partial charge in [0.15, 0.2) is 0 Å². The minimum absolute atomic E-state index is 0.0455. The van der Waals surface area contributed by atoms with Crippen molar-refractivity contribution in [2.45, 2.75) is 19.3 Å². The van der Waals surface area contributed by atoms with Crippen molar-refractivity contribution >= 4 is 34.9 Å². The number of amides is 4. The van der Waals surface area contributed by atoms with Gasteiger partial charge in [0.2, 0.25) is 11.8 Å². The number of anilines is 3. The molecule has 9 heteroatoms. The first-order valence-electron chi connectivity index (χ1n) is 11.7. The fourth-order valence-corrected chi connectivity index (χ4v) is 4.34. The van der Waals surface area contributed by atoms with Crippen LogP contribution in [-0.2, 0) is 9.59 Å². The second-order valence-corrected chi connectivity index (χ2v) is 8.40. The lowest BCUT2D eigenvalue weighted by molar-refractivity contribution is -0.130. The maximum absolute atomic E-state index is 12.6. The number of nitrogens with one attached hydrogen (secondary N) is 2. The van der Waals surface area contributed by atoms with Crippen molar-refractivity contribution in [1.29, 1.82) is 0 Å². The van der Waals surface area contributed by atoms with E-state index in [1.54, 1.807) is 35.1 Å². The monoisotopic (exact) mass is 465 g/mol. The van der Waals surface area contributed by atoms with Crippen LogP contribution in [0.4, 0.5) is 21.9 Å². The number of urea groups is 1. The molecule has 0 spiro atoms. The van der Waals surface area contributed by atoms with Gasteiger partial charge >= 0.3 is 6.03 Å². The summed E-state index contributed by atoms with van der Waals surface area (Å²) in [4.78, 5) is 43.1. The van der Waals surface area contributed by atoms with E-state index in [1.807, 2.05) is 18.2 Å². The third-order valence-corrected chi connectivity index (χ3v) is 6.20. The van der Waals surface area contributed by atoms with Crippen molar-refractivity contribution in [2.75, 3.05) is 61.5 Å². The molecule has 2 heterocycles. The number of rotatable bonds is 6. The largest absolute Gasteiger partial charge is 0.495 e. The number of benzene rings is 2. The van der Waals surface area contributed by atoms with Gasteiger partial charge in [0.25, 0.3) is 0 Å². The van der Waals surface area contributed by atoms with E-state index < -0.39 is 6.03 Å². The molecule has 2 N–H and O–H groups in total. The lowest BCUT2D eigenvalue weighted by Gasteiger charge is -2.36. The molecule has 0 bridgehead atoms. The summed E-state index contributed by atoms with van der Waals surface area (Å²) in [7, 11) is 1.55. The first-order chi connectivity index (χ1) is 16.5. The molecule has 4 amide bonds. The summed E-state index contributed by atoms with van der Waals surface area (Å²) in [5.41, 5.74) is 2.31. The van der Waals surface area contributed by atoms with Gasteiger partial charge in [0.1, 0.15) is 5.75 Å². The topological polar surface area (TPSA) is 94.2 Å². The highest BCUT2D eigenvalue weighted by atomic mass is 16.5. The van der Waals surface area contributed by atoms with Gasteiger partial charge < -0.3 is 30.1 Å². The standard InChI is InChI=1S/C25H31N5O4/c1-34-22-11-10-19(17-21(22)30-12-6-5-9-23(30)31)27-25(33)26-18-24(32)29-15-13-28(14-16-29)20-7-3-2-4-8-20/h2-4,7-8,10-11,17H,5-6,9,12-16,18H2,1H3,(H2,26,27,33). The normalized spacial score (nSPS) is 16.3. The van der Waals surface area contributed by atoms with E-state index in [9.17, 15) is 14.4 Å². The van der Waals surface area contributed by atoms with Crippen molar-refractivity contribution in [1.82, 2.24) is 10.2 Å². The molecule has 0 unspecified atom stereocenters. The van der Waals surface area contributed by atoms with Gasteiger partial charge in [-0.1, -0.05) is 18.2 Å². The third kappa shape index (κ3) is 5.59. The number of piperazine rings is 1. The number of carbonyl (C=O) groups excluding carboxylic acids is 3. The molecule has 2 aliphatic heterocycles. The molecule has 2 saturated heterocycles. The van der Waals surface area contributed by atoms with Crippen molar-refractivity contribution in [3.8, 4) is 5.75 Å². The number of hydrogen-bond donors (Lipinski definition) is 2. The number of carbonyl (C=O) groups is 3. The van der Waals surface area contributed by atoms with Gasteiger partial charge in [-0.15, -0.1) is 0 Å². The Labute approximate surface area is 199 Å². The van der Waals surface area contributed by atoms with Crippen LogP contribution < -0.4 is 25.2 Å². The highest BCUT2D eigenvalue weighted by Gasteiger charge is 2.24. The molecular formula is C25H31N5O4. The fourth-order valence-electron chi connectivity index (χ4n) is 4.34. The Balaban J connectivity index is 1.28. The Bertz CT molecular complexity index is 1020. The average molecular weight is 466 g/mol. The molecule has 9 nitrogen and oxygen atoms in total. The molecule has 180 valence electrons. The van der Waals surface area contributed by atoms with Crippen LogP contribution in [0.5, 0.6) is 5.75 Å². The lowest BCUT2D eigenvalue weighted by Crippen LogP contribution is -2.51. The minimum Gasteiger partial charge on any atom is -0.495 e. The third-order valence-electron chi connectivity index (χ3n) is 6.20. The fraction of sp³-hybridized carbons (Fsp3) is 0.400. The van der Waals surface area contributed by atoms with Crippen molar-refractivity contribution < 1.29 is 19.1 Å². The zero-order valence-electron chi connectivity index (χ0n) is 19.5. The Morgan fingerprint density at radius 2 is 1.74 bits per heavy atom. The predicted octanol–water partition coefficient (Wildman–Crippen LogP) is 2.68. The summed E-state index contributed by atoms with van der Waals surface area (Å²) in [5, 5.41) is 5.39. The van der Waals surface area contributed by atoms with E-state index in [4.69, 9.17) is 4.74 Å². The van der Waals surface area contributed by atoms with E-state index in [1.165, 1.54) is 0 Å². The van der Waals surface area contributed by atoms with E-state index in [0.29, 0.717) is 43.2 Å². The van der Waals surface area contributed by atoms with Gasteiger partial charge in [-0.3, -0.25) is 9.59 Å².